The first-order valence-corrected chi connectivity index (χ1v) is 9.06. The van der Waals surface area contributed by atoms with E-state index in [2.05, 4.69) is 25.3 Å². The van der Waals surface area contributed by atoms with Gasteiger partial charge in [-0.1, -0.05) is 12.1 Å². The lowest BCUT2D eigenvalue weighted by Gasteiger charge is -2.15. The Hall–Kier alpha value is -3.33. The summed E-state index contributed by atoms with van der Waals surface area (Å²) in [6.07, 6.45) is -3.26. The Balaban J connectivity index is 1.82. The van der Waals surface area contributed by atoms with Gasteiger partial charge in [0.25, 0.3) is 0 Å². The van der Waals surface area contributed by atoms with E-state index in [1.807, 2.05) is 0 Å². The monoisotopic (exact) mass is 436 g/mol. The van der Waals surface area contributed by atoms with Gasteiger partial charge in [-0.05, 0) is 53.6 Å². The zero-order chi connectivity index (χ0) is 21.7. The number of hydrogen-bond acceptors (Lipinski definition) is 5. The number of alkyl halides is 3. The molecule has 3 aromatic rings. The van der Waals surface area contributed by atoms with E-state index in [9.17, 15) is 18.0 Å². The molecule has 1 amide bonds. The molecule has 0 saturated heterocycles. The number of nitrogens with one attached hydrogen (secondary N) is 2. The van der Waals surface area contributed by atoms with Crippen LogP contribution in [0.25, 0.3) is 11.1 Å². The lowest BCUT2D eigenvalue weighted by atomic mass is 10.0. The van der Waals surface area contributed by atoms with E-state index < -0.39 is 6.36 Å². The Labute approximate surface area is 175 Å². The van der Waals surface area contributed by atoms with E-state index in [-0.39, 0.29) is 16.9 Å². The standard InChI is InChI=1S/C20H16ClF3N4O2/c1-12(29)27-18-7-6-16(30-20(22,23)24)10-17(18)13-2-4-14(5-3-13)26-11-15-8-9-25-19(21)28-15/h2-10,26H,11H2,1H3,(H,27,29). The molecule has 1 heterocycles. The average molecular weight is 437 g/mol. The molecule has 0 atom stereocenters. The summed E-state index contributed by atoms with van der Waals surface area (Å²) in [7, 11) is 0. The van der Waals surface area contributed by atoms with Gasteiger partial charge in [-0.3, -0.25) is 4.79 Å². The third-order valence-electron chi connectivity index (χ3n) is 3.89. The van der Waals surface area contributed by atoms with Crippen molar-refractivity contribution in [1.82, 2.24) is 9.97 Å². The Morgan fingerprint density at radius 1 is 1.13 bits per heavy atom. The molecule has 2 N–H and O–H groups in total. The van der Waals surface area contributed by atoms with Crippen LogP contribution in [0.3, 0.4) is 0 Å². The number of hydrogen-bond donors (Lipinski definition) is 2. The predicted molar refractivity (Wildman–Crippen MR) is 107 cm³/mol. The number of carbonyl (C=O) groups is 1. The maximum absolute atomic E-state index is 12.6. The first kappa shape index (κ1) is 21.4. The summed E-state index contributed by atoms with van der Waals surface area (Å²) in [5.41, 5.74) is 2.82. The van der Waals surface area contributed by atoms with Gasteiger partial charge in [0.15, 0.2) is 0 Å². The van der Waals surface area contributed by atoms with Crippen LogP contribution in [-0.4, -0.2) is 22.2 Å². The molecule has 30 heavy (non-hydrogen) atoms. The van der Waals surface area contributed by atoms with Crippen LogP contribution >= 0.6 is 11.6 Å². The van der Waals surface area contributed by atoms with Crippen LogP contribution in [0.1, 0.15) is 12.6 Å². The minimum atomic E-state index is -4.82. The van der Waals surface area contributed by atoms with Crippen LogP contribution in [0.15, 0.2) is 54.7 Å². The van der Waals surface area contributed by atoms with Crippen molar-refractivity contribution >= 4 is 28.9 Å². The molecule has 2 aromatic carbocycles. The number of carbonyl (C=O) groups excluding carboxylic acids is 1. The van der Waals surface area contributed by atoms with Crippen LogP contribution in [0.2, 0.25) is 5.28 Å². The molecule has 10 heteroatoms. The van der Waals surface area contributed by atoms with Crippen molar-refractivity contribution in [2.75, 3.05) is 10.6 Å². The summed E-state index contributed by atoms with van der Waals surface area (Å²) in [6.45, 7) is 1.73. The second-order valence-corrected chi connectivity index (χ2v) is 6.52. The van der Waals surface area contributed by atoms with Crippen molar-refractivity contribution in [1.29, 1.82) is 0 Å². The van der Waals surface area contributed by atoms with E-state index in [0.29, 0.717) is 29.1 Å². The lowest BCUT2D eigenvalue weighted by Crippen LogP contribution is -2.17. The summed E-state index contributed by atoms with van der Waals surface area (Å²) in [4.78, 5) is 19.3. The average Bonchev–Trinajstić information content (AvgIpc) is 2.67. The third-order valence-corrected chi connectivity index (χ3v) is 4.07. The molecule has 0 spiro atoms. The van der Waals surface area contributed by atoms with Crippen molar-refractivity contribution in [3.8, 4) is 16.9 Å². The van der Waals surface area contributed by atoms with Gasteiger partial charge in [0.1, 0.15) is 5.75 Å². The molecule has 0 aliphatic carbocycles. The zero-order valence-corrected chi connectivity index (χ0v) is 16.4. The van der Waals surface area contributed by atoms with E-state index in [1.54, 1.807) is 36.5 Å². The number of halogens is 4. The lowest BCUT2D eigenvalue weighted by molar-refractivity contribution is -0.274. The van der Waals surface area contributed by atoms with Crippen LogP contribution < -0.4 is 15.4 Å². The number of rotatable bonds is 6. The molecule has 0 saturated carbocycles. The van der Waals surface area contributed by atoms with Crippen molar-refractivity contribution < 1.29 is 22.7 Å². The zero-order valence-electron chi connectivity index (χ0n) is 15.6. The Morgan fingerprint density at radius 2 is 1.87 bits per heavy atom. The van der Waals surface area contributed by atoms with Gasteiger partial charge in [-0.15, -0.1) is 13.2 Å². The van der Waals surface area contributed by atoms with Gasteiger partial charge in [-0.25, -0.2) is 9.97 Å². The van der Waals surface area contributed by atoms with E-state index >= 15 is 0 Å². The van der Waals surface area contributed by atoms with E-state index in [4.69, 9.17) is 11.6 Å². The maximum atomic E-state index is 12.6. The fraction of sp³-hybridized carbons (Fsp3) is 0.150. The van der Waals surface area contributed by atoms with Gasteiger partial charge in [0.2, 0.25) is 11.2 Å². The van der Waals surface area contributed by atoms with Gasteiger partial charge in [0.05, 0.1) is 12.2 Å². The number of aromatic nitrogens is 2. The highest BCUT2D eigenvalue weighted by atomic mass is 35.5. The maximum Gasteiger partial charge on any atom is 0.573 e. The van der Waals surface area contributed by atoms with E-state index in [0.717, 1.165) is 11.8 Å². The number of amides is 1. The molecular formula is C20H16ClF3N4O2. The highest BCUT2D eigenvalue weighted by molar-refractivity contribution is 6.28. The van der Waals surface area contributed by atoms with Crippen molar-refractivity contribution in [2.45, 2.75) is 19.8 Å². The summed E-state index contributed by atoms with van der Waals surface area (Å²) in [5.74, 6) is -0.725. The van der Waals surface area contributed by atoms with Crippen LogP contribution in [0, 0.1) is 0 Å². The first-order chi connectivity index (χ1) is 14.2. The second-order valence-electron chi connectivity index (χ2n) is 6.18. The first-order valence-electron chi connectivity index (χ1n) is 8.69. The van der Waals surface area contributed by atoms with Gasteiger partial charge >= 0.3 is 6.36 Å². The number of ether oxygens (including phenoxy) is 1. The van der Waals surface area contributed by atoms with Crippen molar-refractivity contribution in [3.63, 3.8) is 0 Å². The Bertz CT molecular complexity index is 1040. The van der Waals surface area contributed by atoms with Crippen LogP contribution in [0.5, 0.6) is 5.75 Å². The molecule has 156 valence electrons. The molecule has 1 aromatic heterocycles. The molecule has 0 fully saturated rings. The minimum Gasteiger partial charge on any atom is -0.406 e. The summed E-state index contributed by atoms with van der Waals surface area (Å²) < 4.78 is 41.7. The van der Waals surface area contributed by atoms with Crippen molar-refractivity contribution in [3.05, 3.63) is 65.7 Å². The quantitative estimate of drug-likeness (QED) is 0.515. The summed E-state index contributed by atoms with van der Waals surface area (Å²) in [6, 6.07) is 12.4. The highest BCUT2D eigenvalue weighted by Gasteiger charge is 2.31. The van der Waals surface area contributed by atoms with Gasteiger partial charge < -0.3 is 15.4 Å². The fourth-order valence-electron chi connectivity index (χ4n) is 2.69. The highest BCUT2D eigenvalue weighted by Crippen LogP contribution is 2.34. The summed E-state index contributed by atoms with van der Waals surface area (Å²) >= 11 is 5.76. The number of benzene rings is 2. The fourth-order valence-corrected chi connectivity index (χ4v) is 2.85. The molecule has 0 unspecified atom stereocenters. The minimum absolute atomic E-state index is 0.149. The Morgan fingerprint density at radius 3 is 2.50 bits per heavy atom. The molecule has 0 bridgehead atoms. The normalized spacial score (nSPS) is 11.1. The third kappa shape index (κ3) is 6.08. The summed E-state index contributed by atoms with van der Waals surface area (Å²) in [5, 5.41) is 5.92. The molecule has 0 aliphatic rings. The Kier molecular flexibility index (Phi) is 6.41. The molecule has 0 radical (unpaired) electrons. The topological polar surface area (TPSA) is 76.1 Å². The molecule has 0 aliphatic heterocycles. The number of anilines is 2. The second kappa shape index (κ2) is 9.00. The van der Waals surface area contributed by atoms with Crippen molar-refractivity contribution in [2.24, 2.45) is 0 Å². The number of nitrogens with zero attached hydrogens (tertiary/aromatic N) is 2. The molecule has 3 rings (SSSR count). The van der Waals surface area contributed by atoms with Crippen LogP contribution in [0.4, 0.5) is 24.5 Å². The van der Waals surface area contributed by atoms with E-state index in [1.165, 1.54) is 19.1 Å². The predicted octanol–water partition coefficient (Wildman–Crippen LogP) is 5.27. The van der Waals surface area contributed by atoms with Crippen LogP contribution in [-0.2, 0) is 11.3 Å². The SMILES string of the molecule is CC(=O)Nc1ccc(OC(F)(F)F)cc1-c1ccc(NCc2ccnc(Cl)n2)cc1. The molecular weight excluding hydrogens is 421 g/mol. The smallest absolute Gasteiger partial charge is 0.406 e. The molecule has 6 nitrogen and oxygen atoms in total. The largest absolute Gasteiger partial charge is 0.573 e. The van der Waals surface area contributed by atoms with Gasteiger partial charge in [-0.2, -0.15) is 0 Å². The van der Waals surface area contributed by atoms with Gasteiger partial charge in [0, 0.05) is 30.1 Å².